The Bertz CT molecular complexity index is 404. The van der Waals surface area contributed by atoms with Gasteiger partial charge in [-0.3, -0.25) is 0 Å². The normalized spacial score (nSPS) is 10.9. The van der Waals surface area contributed by atoms with Crippen LogP contribution in [-0.2, 0) is 0 Å². The molecule has 1 rings (SSSR count). The third-order valence-corrected chi connectivity index (χ3v) is 2.74. The van der Waals surface area contributed by atoms with Crippen LogP contribution in [0.25, 0.3) is 0 Å². The van der Waals surface area contributed by atoms with Crippen molar-refractivity contribution in [2.75, 3.05) is 17.6 Å². The average molecular weight is 218 g/mol. The molecule has 3 N–H and O–H groups in total. The minimum absolute atomic E-state index is 0.210. The van der Waals surface area contributed by atoms with Crippen molar-refractivity contribution in [1.29, 1.82) is 5.26 Å². The summed E-state index contributed by atoms with van der Waals surface area (Å²) in [6, 6.07) is 3.64. The topological polar surface area (TPSA) is 74.7 Å². The summed E-state index contributed by atoms with van der Waals surface area (Å²) >= 11 is 0. The first-order valence-electron chi connectivity index (χ1n) is 5.38. The van der Waals surface area contributed by atoms with Gasteiger partial charge in [-0.15, -0.1) is 0 Å². The molecule has 4 heteroatoms. The number of nitriles is 1. The van der Waals surface area contributed by atoms with E-state index >= 15 is 0 Å². The SMILES string of the molecule is CCC(C)(C)CNc1ncc(C#N)cc1N. The molecule has 0 fully saturated rings. The molecular formula is C12H18N4. The van der Waals surface area contributed by atoms with Crippen molar-refractivity contribution in [1.82, 2.24) is 4.98 Å². The number of aromatic nitrogens is 1. The van der Waals surface area contributed by atoms with Gasteiger partial charge in [0.15, 0.2) is 0 Å². The van der Waals surface area contributed by atoms with Crippen LogP contribution in [0.4, 0.5) is 11.5 Å². The number of nitrogens with one attached hydrogen (secondary N) is 1. The Labute approximate surface area is 96.5 Å². The Morgan fingerprint density at radius 3 is 2.75 bits per heavy atom. The van der Waals surface area contributed by atoms with Gasteiger partial charge in [-0.1, -0.05) is 20.8 Å². The number of nitrogens with zero attached hydrogens (tertiary/aromatic N) is 2. The summed E-state index contributed by atoms with van der Waals surface area (Å²) in [6.07, 6.45) is 2.60. The Kier molecular flexibility index (Phi) is 3.73. The van der Waals surface area contributed by atoms with Crippen LogP contribution in [0.5, 0.6) is 0 Å². The van der Waals surface area contributed by atoms with Gasteiger partial charge in [0.1, 0.15) is 11.9 Å². The minimum atomic E-state index is 0.210. The van der Waals surface area contributed by atoms with Gasteiger partial charge in [0.25, 0.3) is 0 Å². The van der Waals surface area contributed by atoms with Crippen LogP contribution in [0.1, 0.15) is 32.8 Å². The monoisotopic (exact) mass is 218 g/mol. The summed E-state index contributed by atoms with van der Waals surface area (Å²) in [6.45, 7) is 7.32. The zero-order valence-corrected chi connectivity index (χ0v) is 10.0. The zero-order chi connectivity index (χ0) is 12.2. The average Bonchev–Trinajstić information content (AvgIpc) is 2.27. The molecule has 0 saturated heterocycles. The van der Waals surface area contributed by atoms with Crippen molar-refractivity contribution in [2.24, 2.45) is 5.41 Å². The van der Waals surface area contributed by atoms with Gasteiger partial charge in [-0.25, -0.2) is 4.98 Å². The maximum absolute atomic E-state index is 8.68. The van der Waals surface area contributed by atoms with Crippen molar-refractivity contribution >= 4 is 11.5 Å². The van der Waals surface area contributed by atoms with E-state index in [0.29, 0.717) is 17.1 Å². The maximum Gasteiger partial charge on any atom is 0.149 e. The smallest absolute Gasteiger partial charge is 0.149 e. The minimum Gasteiger partial charge on any atom is -0.396 e. The van der Waals surface area contributed by atoms with Crippen molar-refractivity contribution < 1.29 is 0 Å². The quantitative estimate of drug-likeness (QED) is 0.813. The van der Waals surface area contributed by atoms with Crippen LogP contribution in [0.2, 0.25) is 0 Å². The van der Waals surface area contributed by atoms with Crippen LogP contribution >= 0.6 is 0 Å². The van der Waals surface area contributed by atoms with Crippen LogP contribution in [0.15, 0.2) is 12.3 Å². The van der Waals surface area contributed by atoms with Crippen molar-refractivity contribution in [2.45, 2.75) is 27.2 Å². The molecule has 0 radical (unpaired) electrons. The molecule has 0 saturated carbocycles. The maximum atomic E-state index is 8.68. The lowest BCUT2D eigenvalue weighted by Crippen LogP contribution is -2.22. The van der Waals surface area contributed by atoms with E-state index in [0.717, 1.165) is 13.0 Å². The highest BCUT2D eigenvalue weighted by Gasteiger charge is 2.15. The van der Waals surface area contributed by atoms with Gasteiger partial charge in [0.05, 0.1) is 11.3 Å². The molecular weight excluding hydrogens is 200 g/mol. The van der Waals surface area contributed by atoms with Crippen molar-refractivity contribution in [3.8, 4) is 6.07 Å². The van der Waals surface area contributed by atoms with Gasteiger partial charge < -0.3 is 11.1 Å². The van der Waals surface area contributed by atoms with E-state index in [2.05, 4.69) is 31.1 Å². The molecule has 1 aromatic rings. The van der Waals surface area contributed by atoms with E-state index in [9.17, 15) is 0 Å². The molecule has 0 atom stereocenters. The van der Waals surface area contributed by atoms with Gasteiger partial charge in [0.2, 0.25) is 0 Å². The summed E-state index contributed by atoms with van der Waals surface area (Å²) in [5.41, 5.74) is 7.01. The van der Waals surface area contributed by atoms with E-state index < -0.39 is 0 Å². The molecule has 0 aliphatic rings. The summed E-state index contributed by atoms with van der Waals surface area (Å²) in [5.74, 6) is 0.653. The number of rotatable bonds is 4. The van der Waals surface area contributed by atoms with Gasteiger partial charge in [-0.2, -0.15) is 5.26 Å². The highest BCUT2D eigenvalue weighted by molar-refractivity contribution is 5.63. The molecule has 0 bridgehead atoms. The molecule has 1 heterocycles. The van der Waals surface area contributed by atoms with Crippen LogP contribution < -0.4 is 11.1 Å². The molecule has 86 valence electrons. The molecule has 0 unspecified atom stereocenters. The molecule has 0 spiro atoms. The Hall–Kier alpha value is -1.76. The lowest BCUT2D eigenvalue weighted by atomic mass is 9.90. The van der Waals surface area contributed by atoms with Crippen molar-refractivity contribution in [3.05, 3.63) is 17.8 Å². The number of nitrogens with two attached hydrogens (primary N) is 1. The summed E-state index contributed by atoms with van der Waals surface area (Å²) in [4.78, 5) is 4.13. The highest BCUT2D eigenvalue weighted by Crippen LogP contribution is 2.22. The predicted octanol–water partition coefficient (Wildman–Crippen LogP) is 2.38. The van der Waals surface area contributed by atoms with Gasteiger partial charge >= 0.3 is 0 Å². The van der Waals surface area contributed by atoms with E-state index in [1.54, 1.807) is 6.07 Å². The second kappa shape index (κ2) is 4.84. The lowest BCUT2D eigenvalue weighted by Gasteiger charge is -2.23. The van der Waals surface area contributed by atoms with E-state index in [1.807, 2.05) is 6.07 Å². The molecule has 0 aliphatic heterocycles. The standard InChI is InChI=1S/C12H18N4/c1-4-12(2,3)8-16-11-10(14)5-9(6-13)7-15-11/h5,7H,4,8,14H2,1-3H3,(H,15,16). The summed E-state index contributed by atoms with van der Waals surface area (Å²) in [7, 11) is 0. The second-order valence-electron chi connectivity index (χ2n) is 4.64. The fraction of sp³-hybridized carbons (Fsp3) is 0.500. The number of hydrogen-bond acceptors (Lipinski definition) is 4. The molecule has 4 nitrogen and oxygen atoms in total. The molecule has 0 amide bonds. The number of nitrogen functional groups attached to an aromatic ring is 1. The fourth-order valence-electron chi connectivity index (χ4n) is 1.14. The Morgan fingerprint density at radius 2 is 2.25 bits per heavy atom. The largest absolute Gasteiger partial charge is 0.396 e. The first-order valence-corrected chi connectivity index (χ1v) is 5.38. The molecule has 1 aromatic heterocycles. The Morgan fingerprint density at radius 1 is 1.56 bits per heavy atom. The first kappa shape index (κ1) is 12.3. The zero-order valence-electron chi connectivity index (χ0n) is 10.0. The van der Waals surface area contributed by atoms with Crippen LogP contribution in [-0.4, -0.2) is 11.5 Å². The molecule has 0 aromatic carbocycles. The lowest BCUT2D eigenvalue weighted by molar-refractivity contribution is 0.376. The van der Waals surface area contributed by atoms with Gasteiger partial charge in [0, 0.05) is 12.7 Å². The number of hydrogen-bond donors (Lipinski definition) is 2. The fourth-order valence-corrected chi connectivity index (χ4v) is 1.14. The first-order chi connectivity index (χ1) is 7.48. The second-order valence-corrected chi connectivity index (χ2v) is 4.64. The number of anilines is 2. The predicted molar refractivity (Wildman–Crippen MR) is 65.9 cm³/mol. The highest BCUT2D eigenvalue weighted by atomic mass is 15.0. The van der Waals surface area contributed by atoms with Crippen LogP contribution in [0.3, 0.4) is 0 Å². The summed E-state index contributed by atoms with van der Waals surface area (Å²) in [5, 5.41) is 11.9. The van der Waals surface area contributed by atoms with E-state index in [1.165, 1.54) is 6.20 Å². The summed E-state index contributed by atoms with van der Waals surface area (Å²) < 4.78 is 0. The molecule has 0 aliphatic carbocycles. The number of pyridine rings is 1. The third-order valence-electron chi connectivity index (χ3n) is 2.74. The van der Waals surface area contributed by atoms with Crippen molar-refractivity contribution in [3.63, 3.8) is 0 Å². The van der Waals surface area contributed by atoms with E-state index in [4.69, 9.17) is 11.0 Å². The van der Waals surface area contributed by atoms with E-state index in [-0.39, 0.29) is 5.41 Å². The van der Waals surface area contributed by atoms with Gasteiger partial charge in [-0.05, 0) is 17.9 Å². The Balaban J connectivity index is 2.73. The van der Waals surface area contributed by atoms with Crippen LogP contribution in [0, 0.1) is 16.7 Å². The third kappa shape index (κ3) is 3.13. The molecule has 16 heavy (non-hydrogen) atoms.